The number of hydrogen-bond donors (Lipinski definition) is 3. The molecule has 3 rings (SSSR count). The van der Waals surface area contributed by atoms with E-state index >= 15 is 0 Å². The van der Waals surface area contributed by atoms with Crippen molar-refractivity contribution in [2.45, 2.75) is 0 Å². The lowest BCUT2D eigenvalue weighted by atomic mass is 10.1. The first-order valence-electron chi connectivity index (χ1n) is 7.02. The summed E-state index contributed by atoms with van der Waals surface area (Å²) in [6.45, 7) is 0. The third-order valence-corrected chi connectivity index (χ3v) is 3.23. The van der Waals surface area contributed by atoms with Crippen LogP contribution in [0.15, 0.2) is 65.5 Å². The predicted molar refractivity (Wildman–Crippen MR) is 88.0 cm³/mol. The Morgan fingerprint density at radius 3 is 2.42 bits per heavy atom. The average Bonchev–Trinajstić information content (AvgIpc) is 3.10. The maximum absolute atomic E-state index is 12.0. The molecule has 0 bridgehead atoms. The molecule has 24 heavy (non-hydrogen) atoms. The van der Waals surface area contributed by atoms with Crippen molar-refractivity contribution >= 4 is 23.4 Å². The first-order valence-corrected chi connectivity index (χ1v) is 7.02. The number of carboxylic acid groups (broad SMARTS) is 1. The van der Waals surface area contributed by atoms with Gasteiger partial charge in [0.15, 0.2) is 12.2 Å². The number of benzene rings is 2. The van der Waals surface area contributed by atoms with E-state index in [4.69, 9.17) is 9.52 Å². The molecule has 7 nitrogen and oxygen atoms in total. The summed E-state index contributed by atoms with van der Waals surface area (Å²) < 4.78 is 5.22. The largest absolute Gasteiger partial charge is 0.478 e. The SMILES string of the molecule is O=C(Nc1ccc(C(=O)O)cc1)Nc1cccc(-c2cnco2)c1. The van der Waals surface area contributed by atoms with Gasteiger partial charge in [-0.25, -0.2) is 14.6 Å². The molecule has 1 heterocycles. The van der Waals surface area contributed by atoms with Gasteiger partial charge in [-0.05, 0) is 36.4 Å². The third kappa shape index (κ3) is 3.58. The van der Waals surface area contributed by atoms with E-state index in [1.54, 1.807) is 24.4 Å². The second-order valence-corrected chi connectivity index (χ2v) is 4.91. The minimum absolute atomic E-state index is 0.153. The molecule has 0 aliphatic heterocycles. The Morgan fingerprint density at radius 1 is 1.00 bits per heavy atom. The summed E-state index contributed by atoms with van der Waals surface area (Å²) in [7, 11) is 0. The van der Waals surface area contributed by atoms with Crippen LogP contribution >= 0.6 is 0 Å². The summed E-state index contributed by atoms with van der Waals surface area (Å²) in [5, 5.41) is 14.2. The number of carbonyl (C=O) groups excluding carboxylic acids is 1. The molecule has 0 spiro atoms. The van der Waals surface area contributed by atoms with Crippen molar-refractivity contribution in [3.8, 4) is 11.3 Å². The zero-order valence-corrected chi connectivity index (χ0v) is 12.4. The Labute approximate surface area is 137 Å². The summed E-state index contributed by atoms with van der Waals surface area (Å²) in [6, 6.07) is 12.6. The van der Waals surface area contributed by atoms with E-state index in [1.807, 2.05) is 6.07 Å². The highest BCUT2D eigenvalue weighted by molar-refractivity contribution is 6.00. The van der Waals surface area contributed by atoms with Gasteiger partial charge < -0.3 is 20.2 Å². The van der Waals surface area contributed by atoms with E-state index in [9.17, 15) is 9.59 Å². The topological polar surface area (TPSA) is 104 Å². The summed E-state index contributed by atoms with van der Waals surface area (Å²) >= 11 is 0. The number of nitrogens with zero attached hydrogens (tertiary/aromatic N) is 1. The fourth-order valence-corrected chi connectivity index (χ4v) is 2.10. The molecule has 0 aliphatic carbocycles. The Kier molecular flexibility index (Phi) is 4.24. The highest BCUT2D eigenvalue weighted by Crippen LogP contribution is 2.22. The highest BCUT2D eigenvalue weighted by atomic mass is 16.4. The van der Waals surface area contributed by atoms with Crippen molar-refractivity contribution in [3.05, 3.63) is 66.7 Å². The van der Waals surface area contributed by atoms with Gasteiger partial charge in [0.05, 0.1) is 11.8 Å². The van der Waals surface area contributed by atoms with E-state index < -0.39 is 12.0 Å². The van der Waals surface area contributed by atoms with Crippen LogP contribution in [0.25, 0.3) is 11.3 Å². The summed E-state index contributed by atoms with van der Waals surface area (Å²) in [5.74, 6) is -0.418. The number of aromatic nitrogens is 1. The molecule has 2 amide bonds. The number of nitrogens with one attached hydrogen (secondary N) is 2. The number of carbonyl (C=O) groups is 2. The summed E-state index contributed by atoms with van der Waals surface area (Å²) in [4.78, 5) is 26.7. The van der Waals surface area contributed by atoms with Crippen LogP contribution in [0.4, 0.5) is 16.2 Å². The lowest BCUT2D eigenvalue weighted by Crippen LogP contribution is -2.19. The third-order valence-electron chi connectivity index (χ3n) is 3.23. The van der Waals surface area contributed by atoms with E-state index in [-0.39, 0.29) is 5.56 Å². The van der Waals surface area contributed by atoms with E-state index in [0.717, 1.165) is 5.56 Å². The van der Waals surface area contributed by atoms with Crippen molar-refractivity contribution < 1.29 is 19.1 Å². The first-order chi connectivity index (χ1) is 11.6. The Bertz CT molecular complexity index is 858. The van der Waals surface area contributed by atoms with Crippen LogP contribution in [0.1, 0.15) is 10.4 Å². The van der Waals surface area contributed by atoms with Crippen molar-refractivity contribution in [1.29, 1.82) is 0 Å². The van der Waals surface area contributed by atoms with Crippen molar-refractivity contribution in [2.24, 2.45) is 0 Å². The van der Waals surface area contributed by atoms with Crippen LogP contribution in [0.3, 0.4) is 0 Å². The molecule has 0 unspecified atom stereocenters. The van der Waals surface area contributed by atoms with E-state index in [2.05, 4.69) is 15.6 Å². The number of oxazole rings is 1. The molecule has 0 atom stereocenters. The highest BCUT2D eigenvalue weighted by Gasteiger charge is 2.07. The number of aromatic carboxylic acids is 1. The minimum Gasteiger partial charge on any atom is -0.478 e. The molecule has 0 aliphatic rings. The molecule has 0 radical (unpaired) electrons. The second kappa shape index (κ2) is 6.66. The van der Waals surface area contributed by atoms with Crippen LogP contribution < -0.4 is 10.6 Å². The quantitative estimate of drug-likeness (QED) is 0.679. The minimum atomic E-state index is -1.02. The lowest BCUT2D eigenvalue weighted by Gasteiger charge is -2.08. The smallest absolute Gasteiger partial charge is 0.335 e. The second-order valence-electron chi connectivity index (χ2n) is 4.91. The fourth-order valence-electron chi connectivity index (χ4n) is 2.10. The van der Waals surface area contributed by atoms with E-state index in [1.165, 1.54) is 30.7 Å². The van der Waals surface area contributed by atoms with Gasteiger partial charge in [0.1, 0.15) is 0 Å². The summed E-state index contributed by atoms with van der Waals surface area (Å²) in [5.41, 5.74) is 2.02. The van der Waals surface area contributed by atoms with Gasteiger partial charge in [0, 0.05) is 16.9 Å². The molecular weight excluding hydrogens is 310 g/mol. The normalized spacial score (nSPS) is 10.2. The first kappa shape index (κ1) is 15.3. The number of carboxylic acids is 1. The molecule has 3 aromatic rings. The maximum Gasteiger partial charge on any atom is 0.335 e. The van der Waals surface area contributed by atoms with Crippen LogP contribution in [0.2, 0.25) is 0 Å². The van der Waals surface area contributed by atoms with Gasteiger partial charge in [-0.15, -0.1) is 0 Å². The monoisotopic (exact) mass is 323 g/mol. The van der Waals surface area contributed by atoms with Gasteiger partial charge in [0.25, 0.3) is 0 Å². The van der Waals surface area contributed by atoms with Crippen LogP contribution in [0, 0.1) is 0 Å². The number of amides is 2. The van der Waals surface area contributed by atoms with Crippen molar-refractivity contribution in [2.75, 3.05) is 10.6 Å². The zero-order chi connectivity index (χ0) is 16.9. The molecule has 120 valence electrons. The van der Waals surface area contributed by atoms with Crippen LogP contribution in [0.5, 0.6) is 0 Å². The number of anilines is 2. The van der Waals surface area contributed by atoms with Crippen LogP contribution in [-0.2, 0) is 0 Å². The number of urea groups is 1. The number of hydrogen-bond acceptors (Lipinski definition) is 4. The lowest BCUT2D eigenvalue weighted by molar-refractivity contribution is 0.0697. The molecular formula is C17H13N3O4. The molecule has 0 fully saturated rings. The molecule has 7 heteroatoms. The van der Waals surface area contributed by atoms with Gasteiger partial charge in [-0.1, -0.05) is 12.1 Å². The number of rotatable bonds is 4. The predicted octanol–water partition coefficient (Wildman–Crippen LogP) is 3.68. The standard InChI is InChI=1S/C17H13N3O4/c21-16(22)11-4-6-13(7-5-11)19-17(23)20-14-3-1-2-12(8-14)15-9-18-10-24-15/h1-10H,(H,21,22)(H2,19,20,23). The van der Waals surface area contributed by atoms with Gasteiger partial charge in [-0.2, -0.15) is 0 Å². The van der Waals surface area contributed by atoms with Crippen molar-refractivity contribution in [3.63, 3.8) is 0 Å². The molecule has 0 saturated heterocycles. The maximum atomic E-state index is 12.0. The Hall–Kier alpha value is -3.61. The molecule has 3 N–H and O–H groups in total. The van der Waals surface area contributed by atoms with E-state index in [0.29, 0.717) is 17.1 Å². The fraction of sp³-hybridized carbons (Fsp3) is 0. The molecule has 2 aromatic carbocycles. The van der Waals surface area contributed by atoms with Gasteiger partial charge in [-0.3, -0.25) is 0 Å². The van der Waals surface area contributed by atoms with Gasteiger partial charge >= 0.3 is 12.0 Å². The molecule has 1 aromatic heterocycles. The van der Waals surface area contributed by atoms with Gasteiger partial charge in [0.2, 0.25) is 0 Å². The van der Waals surface area contributed by atoms with Crippen LogP contribution in [-0.4, -0.2) is 22.1 Å². The average molecular weight is 323 g/mol. The Balaban J connectivity index is 1.66. The van der Waals surface area contributed by atoms with Crippen molar-refractivity contribution in [1.82, 2.24) is 4.98 Å². The summed E-state index contributed by atoms with van der Waals surface area (Å²) in [6.07, 6.45) is 2.92. The Morgan fingerprint density at radius 2 is 1.75 bits per heavy atom. The molecule has 0 saturated carbocycles. The zero-order valence-electron chi connectivity index (χ0n) is 12.4.